The molecule has 0 heterocycles. The zero-order chi connectivity index (χ0) is 13.0. The molecule has 0 aliphatic carbocycles. The third kappa shape index (κ3) is 3.25. The molecule has 0 aromatic heterocycles. The van der Waals surface area contributed by atoms with Crippen LogP contribution in [0.3, 0.4) is 0 Å². The molecule has 2 N–H and O–H groups in total. The highest BCUT2D eigenvalue weighted by molar-refractivity contribution is 5.94. The molecule has 1 aromatic rings. The van der Waals surface area contributed by atoms with Crippen molar-refractivity contribution in [2.45, 2.75) is 19.9 Å². The van der Waals surface area contributed by atoms with Crippen LogP contribution in [0.25, 0.3) is 0 Å². The van der Waals surface area contributed by atoms with Gasteiger partial charge in [-0.25, -0.2) is 0 Å². The van der Waals surface area contributed by atoms with Crippen LogP contribution in [-0.4, -0.2) is 23.9 Å². The molecule has 0 spiro atoms. The fourth-order valence-corrected chi connectivity index (χ4v) is 1.27. The minimum Gasteiger partial charge on any atom is -0.324 e. The fourth-order valence-electron chi connectivity index (χ4n) is 1.27. The second-order valence-electron chi connectivity index (χ2n) is 3.76. The van der Waals surface area contributed by atoms with Gasteiger partial charge in [-0.2, -0.15) is 0 Å². The van der Waals surface area contributed by atoms with Gasteiger partial charge in [0.05, 0.1) is 11.0 Å². The third-order valence-electron chi connectivity index (χ3n) is 2.50. The highest BCUT2D eigenvalue weighted by Gasteiger charge is 2.14. The van der Waals surface area contributed by atoms with Crippen molar-refractivity contribution in [3.05, 3.63) is 33.9 Å². The van der Waals surface area contributed by atoms with Crippen LogP contribution in [0.2, 0.25) is 0 Å². The second-order valence-corrected chi connectivity index (χ2v) is 3.76. The maximum atomic E-state index is 11.6. The molecule has 6 heteroatoms. The van der Waals surface area contributed by atoms with Crippen LogP contribution in [0, 0.1) is 17.0 Å². The lowest BCUT2D eigenvalue weighted by atomic mass is 10.2. The zero-order valence-corrected chi connectivity index (χ0v) is 9.98. The molecular weight excluding hydrogens is 222 g/mol. The van der Waals surface area contributed by atoms with Crippen molar-refractivity contribution in [2.24, 2.45) is 0 Å². The molecule has 0 aliphatic heterocycles. The van der Waals surface area contributed by atoms with E-state index in [-0.39, 0.29) is 17.6 Å². The van der Waals surface area contributed by atoms with E-state index in [1.54, 1.807) is 33.0 Å². The molecule has 1 aromatic carbocycles. The molecule has 1 rings (SSSR count). The molecule has 17 heavy (non-hydrogen) atoms. The number of carbonyl (C=O) groups excluding carboxylic acids is 1. The lowest BCUT2D eigenvalue weighted by Crippen LogP contribution is -2.35. The Bertz CT molecular complexity index is 446. The first-order chi connectivity index (χ1) is 7.95. The predicted octanol–water partition coefficient (Wildman–Crippen LogP) is 1.45. The Morgan fingerprint density at radius 3 is 2.65 bits per heavy atom. The Morgan fingerprint density at radius 2 is 2.12 bits per heavy atom. The normalized spacial score (nSPS) is 11.9. The van der Waals surface area contributed by atoms with E-state index in [0.29, 0.717) is 11.3 Å². The van der Waals surface area contributed by atoms with Gasteiger partial charge in [-0.15, -0.1) is 0 Å². The summed E-state index contributed by atoms with van der Waals surface area (Å²) in [5, 5.41) is 16.1. The number of carbonyl (C=O) groups is 1. The summed E-state index contributed by atoms with van der Waals surface area (Å²) in [4.78, 5) is 21.8. The van der Waals surface area contributed by atoms with Gasteiger partial charge in [-0.1, -0.05) is 6.07 Å². The van der Waals surface area contributed by atoms with Gasteiger partial charge in [-0.3, -0.25) is 14.9 Å². The van der Waals surface area contributed by atoms with Gasteiger partial charge in [0.25, 0.3) is 5.69 Å². The van der Waals surface area contributed by atoms with Crippen molar-refractivity contribution >= 4 is 17.3 Å². The van der Waals surface area contributed by atoms with E-state index in [0.717, 1.165) is 0 Å². The van der Waals surface area contributed by atoms with Crippen molar-refractivity contribution in [3.63, 3.8) is 0 Å². The van der Waals surface area contributed by atoms with E-state index >= 15 is 0 Å². The Kier molecular flexibility index (Phi) is 4.17. The molecule has 92 valence electrons. The lowest BCUT2D eigenvalue weighted by Gasteiger charge is -2.11. The number of aryl methyl sites for hydroxylation is 1. The van der Waals surface area contributed by atoms with E-state index < -0.39 is 4.92 Å². The summed E-state index contributed by atoms with van der Waals surface area (Å²) in [6.07, 6.45) is 0. The Labute approximate surface area is 99.2 Å². The van der Waals surface area contributed by atoms with Gasteiger partial charge < -0.3 is 10.6 Å². The van der Waals surface area contributed by atoms with Crippen molar-refractivity contribution in [1.82, 2.24) is 5.32 Å². The van der Waals surface area contributed by atoms with Gasteiger partial charge in [0, 0.05) is 17.3 Å². The van der Waals surface area contributed by atoms with Gasteiger partial charge >= 0.3 is 0 Å². The number of nitrogens with zero attached hydrogens (tertiary/aromatic N) is 1. The first kappa shape index (κ1) is 13.1. The Morgan fingerprint density at radius 1 is 1.47 bits per heavy atom. The van der Waals surface area contributed by atoms with Gasteiger partial charge in [0.1, 0.15) is 0 Å². The molecule has 0 fully saturated rings. The highest BCUT2D eigenvalue weighted by Crippen LogP contribution is 2.22. The standard InChI is InChI=1S/C11H15N3O3/c1-7-4-5-9(6-10(7)14(16)17)13-11(15)8(2)12-3/h4-6,8,12H,1-3H3,(H,13,15). The van der Waals surface area contributed by atoms with Crippen LogP contribution in [0.5, 0.6) is 0 Å². The first-order valence-electron chi connectivity index (χ1n) is 5.19. The highest BCUT2D eigenvalue weighted by atomic mass is 16.6. The summed E-state index contributed by atoms with van der Waals surface area (Å²) in [5.74, 6) is -0.231. The van der Waals surface area contributed by atoms with Crippen LogP contribution >= 0.6 is 0 Å². The molecule has 0 saturated heterocycles. The van der Waals surface area contributed by atoms with Gasteiger partial charge in [0.15, 0.2) is 0 Å². The number of likely N-dealkylation sites (N-methyl/N-ethyl adjacent to an activating group) is 1. The largest absolute Gasteiger partial charge is 0.324 e. The lowest BCUT2D eigenvalue weighted by molar-refractivity contribution is -0.385. The van der Waals surface area contributed by atoms with Crippen molar-refractivity contribution in [3.8, 4) is 0 Å². The molecule has 0 aliphatic rings. The number of hydrogen-bond donors (Lipinski definition) is 2. The van der Waals surface area contributed by atoms with Crippen molar-refractivity contribution < 1.29 is 9.72 Å². The minimum atomic E-state index is -0.466. The first-order valence-corrected chi connectivity index (χ1v) is 5.19. The van der Waals surface area contributed by atoms with Gasteiger partial charge in [0.2, 0.25) is 5.91 Å². The average Bonchev–Trinajstić information content (AvgIpc) is 2.30. The van der Waals surface area contributed by atoms with E-state index in [1.807, 2.05) is 0 Å². The van der Waals surface area contributed by atoms with E-state index in [9.17, 15) is 14.9 Å². The summed E-state index contributed by atoms with van der Waals surface area (Å²) in [7, 11) is 1.67. The zero-order valence-electron chi connectivity index (χ0n) is 9.98. The number of rotatable bonds is 4. The van der Waals surface area contributed by atoms with Crippen molar-refractivity contribution in [1.29, 1.82) is 0 Å². The molecule has 6 nitrogen and oxygen atoms in total. The third-order valence-corrected chi connectivity index (χ3v) is 2.50. The number of hydrogen-bond acceptors (Lipinski definition) is 4. The number of nitrogens with one attached hydrogen (secondary N) is 2. The molecular formula is C11H15N3O3. The summed E-state index contributed by atoms with van der Waals surface area (Å²) >= 11 is 0. The van der Waals surface area contributed by atoms with Crippen LogP contribution in [-0.2, 0) is 4.79 Å². The minimum absolute atomic E-state index is 0.0000827. The number of amides is 1. The van der Waals surface area contributed by atoms with Crippen LogP contribution < -0.4 is 10.6 Å². The van der Waals surface area contributed by atoms with Crippen LogP contribution in [0.4, 0.5) is 11.4 Å². The fraction of sp³-hybridized carbons (Fsp3) is 0.364. The van der Waals surface area contributed by atoms with Crippen molar-refractivity contribution in [2.75, 3.05) is 12.4 Å². The number of nitro benzene ring substituents is 1. The van der Waals surface area contributed by atoms with E-state index in [2.05, 4.69) is 10.6 Å². The Hall–Kier alpha value is -1.95. The molecule has 0 radical (unpaired) electrons. The maximum absolute atomic E-state index is 11.6. The number of nitro groups is 1. The quantitative estimate of drug-likeness (QED) is 0.613. The van der Waals surface area contributed by atoms with E-state index in [1.165, 1.54) is 6.07 Å². The second kappa shape index (κ2) is 5.40. The smallest absolute Gasteiger partial charge is 0.274 e. The Balaban J connectivity index is 2.90. The molecule has 0 saturated carbocycles. The molecule has 1 atom stereocenters. The molecule has 1 amide bonds. The van der Waals surface area contributed by atoms with Crippen LogP contribution in [0.1, 0.15) is 12.5 Å². The van der Waals surface area contributed by atoms with Gasteiger partial charge in [-0.05, 0) is 27.0 Å². The topological polar surface area (TPSA) is 84.3 Å². The molecule has 1 unspecified atom stereocenters. The SMILES string of the molecule is CNC(C)C(=O)Nc1ccc(C)c([N+](=O)[O-])c1. The van der Waals surface area contributed by atoms with Crippen LogP contribution in [0.15, 0.2) is 18.2 Å². The summed E-state index contributed by atoms with van der Waals surface area (Å²) in [5.41, 5.74) is 0.990. The number of benzene rings is 1. The average molecular weight is 237 g/mol. The van der Waals surface area contributed by atoms with E-state index in [4.69, 9.17) is 0 Å². The number of anilines is 1. The maximum Gasteiger partial charge on any atom is 0.274 e. The summed E-state index contributed by atoms with van der Waals surface area (Å²) in [6, 6.07) is 4.26. The molecule has 0 bridgehead atoms. The summed E-state index contributed by atoms with van der Waals surface area (Å²) in [6.45, 7) is 3.36. The monoisotopic (exact) mass is 237 g/mol. The summed E-state index contributed by atoms with van der Waals surface area (Å²) < 4.78 is 0. The predicted molar refractivity (Wildman–Crippen MR) is 65.0 cm³/mol.